The second-order valence-electron chi connectivity index (χ2n) is 4.03. The van der Waals surface area contributed by atoms with Crippen molar-refractivity contribution in [1.82, 2.24) is 5.32 Å². The predicted molar refractivity (Wildman–Crippen MR) is 55.7 cm³/mol. The van der Waals surface area contributed by atoms with E-state index >= 15 is 0 Å². The topological polar surface area (TPSA) is 12.0 Å². The van der Waals surface area contributed by atoms with Gasteiger partial charge in [0.05, 0.1) is 0 Å². The molecule has 1 N–H and O–H groups in total. The van der Waals surface area contributed by atoms with Gasteiger partial charge in [0.1, 0.15) is 5.82 Å². The quantitative estimate of drug-likeness (QED) is 0.774. The second kappa shape index (κ2) is 4.09. The zero-order chi connectivity index (χ0) is 9.97. The van der Waals surface area contributed by atoms with Crippen LogP contribution in [0.2, 0.25) is 0 Å². The highest BCUT2D eigenvalue weighted by molar-refractivity contribution is 5.19. The largest absolute Gasteiger partial charge is 0.316 e. The van der Waals surface area contributed by atoms with E-state index < -0.39 is 0 Å². The summed E-state index contributed by atoms with van der Waals surface area (Å²) in [5.74, 6) is 0.688. The molecule has 1 aliphatic rings. The lowest BCUT2D eigenvalue weighted by atomic mass is 10.0. The average molecular weight is 193 g/mol. The van der Waals surface area contributed by atoms with Crippen molar-refractivity contribution >= 4 is 0 Å². The predicted octanol–water partition coefficient (Wildman–Crippen LogP) is 2.37. The fourth-order valence-corrected chi connectivity index (χ4v) is 1.90. The Morgan fingerprint density at radius 3 is 2.71 bits per heavy atom. The van der Waals surface area contributed by atoms with Crippen LogP contribution in [0.15, 0.2) is 24.3 Å². The molecule has 1 saturated carbocycles. The van der Waals surface area contributed by atoms with Crippen molar-refractivity contribution in [1.29, 1.82) is 0 Å². The van der Waals surface area contributed by atoms with Gasteiger partial charge in [-0.2, -0.15) is 0 Å². The van der Waals surface area contributed by atoms with Gasteiger partial charge in [-0.15, -0.1) is 0 Å². The normalized spacial score (nSPS) is 18.1. The van der Waals surface area contributed by atoms with Gasteiger partial charge in [0.25, 0.3) is 0 Å². The minimum atomic E-state index is -0.0756. The maximum Gasteiger partial charge on any atom is 0.126 e. The summed E-state index contributed by atoms with van der Waals surface area (Å²) in [5, 5.41) is 3.27. The van der Waals surface area contributed by atoms with Crippen molar-refractivity contribution in [3.8, 4) is 0 Å². The van der Waals surface area contributed by atoms with Crippen LogP contribution in [0.3, 0.4) is 0 Å². The summed E-state index contributed by atoms with van der Waals surface area (Å²) in [6, 6.07) is 7.51. The number of halogens is 1. The third kappa shape index (κ3) is 2.13. The monoisotopic (exact) mass is 193 g/mol. The summed E-state index contributed by atoms with van der Waals surface area (Å²) in [5.41, 5.74) is 0.832. The summed E-state index contributed by atoms with van der Waals surface area (Å²) in [7, 11) is 1.96. The first kappa shape index (κ1) is 9.66. The molecular formula is C12H16FN. The molecule has 2 rings (SSSR count). The maximum atomic E-state index is 13.3. The third-order valence-electron chi connectivity index (χ3n) is 2.96. The molecule has 1 fully saturated rings. The fourth-order valence-electron chi connectivity index (χ4n) is 1.90. The van der Waals surface area contributed by atoms with Crippen LogP contribution in [-0.2, 0) is 6.42 Å². The Morgan fingerprint density at radius 1 is 1.43 bits per heavy atom. The van der Waals surface area contributed by atoms with E-state index in [1.165, 1.54) is 18.9 Å². The van der Waals surface area contributed by atoms with Crippen molar-refractivity contribution in [2.75, 3.05) is 7.05 Å². The number of likely N-dealkylation sites (N-methyl/N-ethyl adjacent to an activating group) is 1. The van der Waals surface area contributed by atoms with Crippen molar-refractivity contribution in [2.45, 2.75) is 25.3 Å². The van der Waals surface area contributed by atoms with Gasteiger partial charge in [-0.1, -0.05) is 18.2 Å². The lowest BCUT2D eigenvalue weighted by Gasteiger charge is -2.15. The van der Waals surface area contributed by atoms with Crippen LogP contribution in [0.5, 0.6) is 0 Å². The molecule has 2 heteroatoms. The molecule has 0 aromatic heterocycles. The van der Waals surface area contributed by atoms with Gasteiger partial charge >= 0.3 is 0 Å². The van der Waals surface area contributed by atoms with Crippen molar-refractivity contribution < 1.29 is 4.39 Å². The minimum Gasteiger partial charge on any atom is -0.316 e. The molecule has 1 unspecified atom stereocenters. The van der Waals surface area contributed by atoms with E-state index in [1.54, 1.807) is 6.07 Å². The number of rotatable bonds is 4. The highest BCUT2D eigenvalue weighted by Gasteiger charge is 2.30. The van der Waals surface area contributed by atoms with Crippen LogP contribution < -0.4 is 5.32 Å². The Labute approximate surface area is 84.3 Å². The molecule has 0 amide bonds. The molecule has 0 radical (unpaired) electrons. The Hall–Kier alpha value is -0.890. The second-order valence-corrected chi connectivity index (χ2v) is 4.03. The van der Waals surface area contributed by atoms with Crippen LogP contribution in [-0.4, -0.2) is 13.1 Å². The van der Waals surface area contributed by atoms with Crippen LogP contribution in [0.25, 0.3) is 0 Å². The van der Waals surface area contributed by atoms with Gasteiger partial charge < -0.3 is 5.32 Å². The molecule has 1 aromatic rings. The minimum absolute atomic E-state index is 0.0756. The first-order valence-electron chi connectivity index (χ1n) is 5.22. The van der Waals surface area contributed by atoms with Crippen LogP contribution in [0, 0.1) is 11.7 Å². The molecule has 0 heterocycles. The highest BCUT2D eigenvalue weighted by atomic mass is 19.1. The Bertz CT molecular complexity index is 307. The molecule has 0 saturated heterocycles. The van der Waals surface area contributed by atoms with Crippen LogP contribution >= 0.6 is 0 Å². The van der Waals surface area contributed by atoms with Crippen molar-refractivity contribution in [3.05, 3.63) is 35.6 Å². The zero-order valence-electron chi connectivity index (χ0n) is 8.46. The Balaban J connectivity index is 2.04. The lowest BCUT2D eigenvalue weighted by Crippen LogP contribution is -2.29. The van der Waals surface area contributed by atoms with E-state index in [0.29, 0.717) is 6.04 Å². The van der Waals surface area contributed by atoms with E-state index in [1.807, 2.05) is 19.2 Å². The molecular weight excluding hydrogens is 177 g/mol. The SMILES string of the molecule is CNC(Cc1ccccc1F)C1CC1. The smallest absolute Gasteiger partial charge is 0.126 e. The van der Waals surface area contributed by atoms with E-state index in [4.69, 9.17) is 0 Å². The van der Waals surface area contributed by atoms with Crippen molar-refractivity contribution in [3.63, 3.8) is 0 Å². The fraction of sp³-hybridized carbons (Fsp3) is 0.500. The molecule has 0 aliphatic heterocycles. The first-order chi connectivity index (χ1) is 6.81. The van der Waals surface area contributed by atoms with E-state index in [-0.39, 0.29) is 5.82 Å². The lowest BCUT2D eigenvalue weighted by molar-refractivity contribution is 0.487. The molecule has 1 aliphatic carbocycles. The molecule has 14 heavy (non-hydrogen) atoms. The van der Waals surface area contributed by atoms with E-state index in [9.17, 15) is 4.39 Å². The standard InChI is InChI=1S/C12H16FN/c1-14-12(9-6-7-9)8-10-4-2-3-5-11(10)13/h2-5,9,12,14H,6-8H2,1H3. The first-order valence-corrected chi connectivity index (χ1v) is 5.22. The third-order valence-corrected chi connectivity index (χ3v) is 2.96. The van der Waals surface area contributed by atoms with Gasteiger partial charge in [-0.3, -0.25) is 0 Å². The molecule has 0 bridgehead atoms. The van der Waals surface area contributed by atoms with Gasteiger partial charge in [0.2, 0.25) is 0 Å². The summed E-state index contributed by atoms with van der Waals surface area (Å²) in [6.07, 6.45) is 3.40. The summed E-state index contributed by atoms with van der Waals surface area (Å²) >= 11 is 0. The number of benzene rings is 1. The highest BCUT2D eigenvalue weighted by Crippen LogP contribution is 2.34. The molecule has 1 atom stereocenters. The molecule has 0 spiro atoms. The van der Waals surface area contributed by atoms with Gasteiger partial charge in [0.15, 0.2) is 0 Å². The number of hydrogen-bond acceptors (Lipinski definition) is 1. The zero-order valence-corrected chi connectivity index (χ0v) is 8.46. The Kier molecular flexibility index (Phi) is 2.82. The number of nitrogens with one attached hydrogen (secondary N) is 1. The summed E-state index contributed by atoms with van der Waals surface area (Å²) in [4.78, 5) is 0. The summed E-state index contributed by atoms with van der Waals surface area (Å²) < 4.78 is 13.3. The Morgan fingerprint density at radius 2 is 2.14 bits per heavy atom. The summed E-state index contributed by atoms with van der Waals surface area (Å²) in [6.45, 7) is 0. The molecule has 1 aromatic carbocycles. The van der Waals surface area contributed by atoms with Crippen LogP contribution in [0.1, 0.15) is 18.4 Å². The molecule has 76 valence electrons. The van der Waals surface area contributed by atoms with Gasteiger partial charge in [-0.25, -0.2) is 4.39 Å². The van der Waals surface area contributed by atoms with Crippen LogP contribution in [0.4, 0.5) is 4.39 Å². The number of hydrogen-bond donors (Lipinski definition) is 1. The van der Waals surface area contributed by atoms with E-state index in [0.717, 1.165) is 17.9 Å². The molecule has 1 nitrogen and oxygen atoms in total. The van der Waals surface area contributed by atoms with Gasteiger partial charge in [-0.05, 0) is 43.9 Å². The van der Waals surface area contributed by atoms with Crippen molar-refractivity contribution in [2.24, 2.45) is 5.92 Å². The average Bonchev–Trinajstić information content (AvgIpc) is 3.00. The van der Waals surface area contributed by atoms with Gasteiger partial charge in [0, 0.05) is 6.04 Å². The maximum absolute atomic E-state index is 13.3. The van der Waals surface area contributed by atoms with E-state index in [2.05, 4.69) is 5.32 Å².